The number of ether oxygens (including phenoxy) is 1. The molecule has 0 aromatic heterocycles. The van der Waals surface area contributed by atoms with Gasteiger partial charge in [-0.1, -0.05) is 39.0 Å². The van der Waals surface area contributed by atoms with Gasteiger partial charge in [-0.2, -0.15) is 0 Å². The Morgan fingerprint density at radius 1 is 1.15 bits per heavy atom. The molecule has 150 valence electrons. The van der Waals surface area contributed by atoms with E-state index in [1.165, 1.54) is 44.3 Å². The number of aliphatic imine (C=N–C) groups is 1. The molecule has 2 N–H and O–H groups in total. The Hall–Kier alpha value is -1.75. The van der Waals surface area contributed by atoms with Crippen LogP contribution in [0.5, 0.6) is 5.75 Å². The van der Waals surface area contributed by atoms with E-state index in [-0.39, 0.29) is 5.41 Å². The third kappa shape index (κ3) is 5.86. The molecule has 1 saturated carbocycles. The van der Waals surface area contributed by atoms with Crippen molar-refractivity contribution in [2.75, 3.05) is 33.3 Å². The maximum Gasteiger partial charge on any atom is 0.191 e. The molecule has 2 aliphatic rings. The van der Waals surface area contributed by atoms with Gasteiger partial charge in [-0.05, 0) is 42.7 Å². The molecule has 0 amide bonds. The van der Waals surface area contributed by atoms with Crippen LogP contribution in [-0.2, 0) is 5.41 Å². The van der Waals surface area contributed by atoms with E-state index in [0.29, 0.717) is 12.6 Å². The van der Waals surface area contributed by atoms with Crippen LogP contribution in [-0.4, -0.2) is 56.2 Å². The molecule has 0 atom stereocenters. The van der Waals surface area contributed by atoms with Crippen LogP contribution in [0.2, 0.25) is 0 Å². The predicted octanol–water partition coefficient (Wildman–Crippen LogP) is 3.15. The number of rotatable bonds is 6. The highest BCUT2D eigenvalue weighted by molar-refractivity contribution is 5.79. The van der Waals surface area contributed by atoms with Crippen molar-refractivity contribution < 1.29 is 4.74 Å². The first-order valence-electron chi connectivity index (χ1n) is 10.4. The largest absolute Gasteiger partial charge is 0.491 e. The van der Waals surface area contributed by atoms with Gasteiger partial charge in [0.05, 0.1) is 6.54 Å². The van der Waals surface area contributed by atoms with Crippen molar-refractivity contribution in [3.8, 4) is 5.75 Å². The fourth-order valence-corrected chi connectivity index (χ4v) is 3.78. The van der Waals surface area contributed by atoms with E-state index in [1.807, 2.05) is 13.1 Å². The van der Waals surface area contributed by atoms with E-state index in [0.717, 1.165) is 24.3 Å². The number of likely N-dealkylation sites (tertiary alicyclic amines) is 1. The lowest BCUT2D eigenvalue weighted by Gasteiger charge is -2.33. The van der Waals surface area contributed by atoms with Crippen LogP contribution in [0.3, 0.4) is 0 Å². The third-order valence-electron chi connectivity index (χ3n) is 5.50. The standard InChI is InChI=1S/C22H36N4O/c1-22(2,3)19-7-5-6-8-20(19)27-16-13-24-21(23-4)25-17-11-14-26(15-12-17)18-9-10-18/h5-8,17-18H,9-16H2,1-4H3,(H2,23,24,25). The lowest BCUT2D eigenvalue weighted by molar-refractivity contribution is 0.197. The summed E-state index contributed by atoms with van der Waals surface area (Å²) >= 11 is 0. The minimum Gasteiger partial charge on any atom is -0.491 e. The normalized spacial score (nSPS) is 19.8. The summed E-state index contributed by atoms with van der Waals surface area (Å²) in [5.41, 5.74) is 1.33. The lowest BCUT2D eigenvalue weighted by atomic mass is 9.86. The first-order chi connectivity index (χ1) is 13.0. The fraction of sp³-hybridized carbons (Fsp3) is 0.682. The zero-order valence-corrected chi connectivity index (χ0v) is 17.4. The van der Waals surface area contributed by atoms with Crippen molar-refractivity contribution in [1.29, 1.82) is 0 Å². The predicted molar refractivity (Wildman–Crippen MR) is 113 cm³/mol. The summed E-state index contributed by atoms with van der Waals surface area (Å²) in [4.78, 5) is 7.02. The summed E-state index contributed by atoms with van der Waals surface area (Å²) in [7, 11) is 1.84. The monoisotopic (exact) mass is 372 g/mol. The molecule has 1 aromatic carbocycles. The summed E-state index contributed by atoms with van der Waals surface area (Å²) in [6, 6.07) is 9.72. The zero-order valence-electron chi connectivity index (χ0n) is 17.4. The number of hydrogen-bond donors (Lipinski definition) is 2. The van der Waals surface area contributed by atoms with Crippen LogP contribution in [0, 0.1) is 0 Å². The molecule has 0 spiro atoms. The lowest BCUT2D eigenvalue weighted by Crippen LogP contribution is -2.49. The molecule has 1 aliphatic carbocycles. The molecule has 0 bridgehead atoms. The number of hydrogen-bond acceptors (Lipinski definition) is 3. The van der Waals surface area contributed by atoms with Gasteiger partial charge < -0.3 is 20.3 Å². The third-order valence-corrected chi connectivity index (χ3v) is 5.50. The summed E-state index contributed by atoms with van der Waals surface area (Å²) < 4.78 is 6.04. The minimum atomic E-state index is 0.0803. The van der Waals surface area contributed by atoms with Crippen molar-refractivity contribution >= 4 is 5.96 Å². The fourth-order valence-electron chi connectivity index (χ4n) is 3.78. The van der Waals surface area contributed by atoms with Gasteiger partial charge in [-0.15, -0.1) is 0 Å². The van der Waals surface area contributed by atoms with Gasteiger partial charge in [-0.25, -0.2) is 0 Å². The maximum absolute atomic E-state index is 6.04. The second-order valence-corrected chi connectivity index (χ2v) is 8.78. The summed E-state index contributed by atoms with van der Waals surface area (Å²) in [6.45, 7) is 10.4. The van der Waals surface area contributed by atoms with Gasteiger partial charge >= 0.3 is 0 Å². The second kappa shape index (κ2) is 8.96. The molecule has 5 nitrogen and oxygen atoms in total. The Morgan fingerprint density at radius 2 is 1.85 bits per heavy atom. The van der Waals surface area contributed by atoms with Gasteiger partial charge in [-0.3, -0.25) is 4.99 Å². The topological polar surface area (TPSA) is 48.9 Å². The molecule has 0 radical (unpaired) electrons. The molecular weight excluding hydrogens is 336 g/mol. The van der Waals surface area contributed by atoms with Crippen LogP contribution in [0.1, 0.15) is 52.0 Å². The van der Waals surface area contributed by atoms with Crippen molar-refractivity contribution in [2.24, 2.45) is 4.99 Å². The number of benzene rings is 1. The van der Waals surface area contributed by atoms with Crippen LogP contribution >= 0.6 is 0 Å². The smallest absolute Gasteiger partial charge is 0.191 e. The van der Waals surface area contributed by atoms with Crippen molar-refractivity contribution in [3.63, 3.8) is 0 Å². The molecule has 1 aliphatic heterocycles. The maximum atomic E-state index is 6.04. The van der Waals surface area contributed by atoms with E-state index in [9.17, 15) is 0 Å². The molecule has 2 fully saturated rings. The van der Waals surface area contributed by atoms with Gasteiger partial charge in [0, 0.05) is 32.2 Å². The number of guanidine groups is 1. The van der Waals surface area contributed by atoms with Crippen molar-refractivity contribution in [3.05, 3.63) is 29.8 Å². The van der Waals surface area contributed by atoms with Crippen LogP contribution in [0.25, 0.3) is 0 Å². The first kappa shape index (κ1) is 20.0. The van der Waals surface area contributed by atoms with E-state index < -0.39 is 0 Å². The Kier molecular flexibility index (Phi) is 6.64. The summed E-state index contributed by atoms with van der Waals surface area (Å²) in [5, 5.41) is 6.97. The average Bonchev–Trinajstić information content (AvgIpc) is 3.49. The summed E-state index contributed by atoms with van der Waals surface area (Å²) in [6.07, 6.45) is 5.21. The molecule has 5 heteroatoms. The average molecular weight is 373 g/mol. The van der Waals surface area contributed by atoms with Gasteiger partial charge in [0.15, 0.2) is 5.96 Å². The van der Waals surface area contributed by atoms with Crippen LogP contribution < -0.4 is 15.4 Å². The highest BCUT2D eigenvalue weighted by Crippen LogP contribution is 2.31. The highest BCUT2D eigenvalue weighted by atomic mass is 16.5. The number of para-hydroxylation sites is 1. The Bertz CT molecular complexity index is 625. The summed E-state index contributed by atoms with van der Waals surface area (Å²) in [5.74, 6) is 1.86. The quantitative estimate of drug-likeness (QED) is 0.458. The van der Waals surface area contributed by atoms with Crippen LogP contribution in [0.4, 0.5) is 0 Å². The second-order valence-electron chi connectivity index (χ2n) is 8.78. The van der Waals surface area contributed by atoms with E-state index in [1.54, 1.807) is 0 Å². The Morgan fingerprint density at radius 3 is 2.48 bits per heavy atom. The molecule has 27 heavy (non-hydrogen) atoms. The number of piperidine rings is 1. The Balaban J connectivity index is 1.39. The van der Waals surface area contributed by atoms with Gasteiger partial charge in [0.25, 0.3) is 0 Å². The molecular formula is C22H36N4O. The molecule has 1 aromatic rings. The van der Waals surface area contributed by atoms with Crippen molar-refractivity contribution in [1.82, 2.24) is 15.5 Å². The van der Waals surface area contributed by atoms with Gasteiger partial charge in [0.2, 0.25) is 0 Å². The molecule has 1 saturated heterocycles. The Labute approximate surface area is 164 Å². The number of nitrogens with zero attached hydrogens (tertiary/aromatic N) is 2. The molecule has 3 rings (SSSR count). The molecule has 0 unspecified atom stereocenters. The van der Waals surface area contributed by atoms with Crippen LogP contribution in [0.15, 0.2) is 29.3 Å². The van der Waals surface area contributed by atoms with E-state index in [4.69, 9.17) is 4.74 Å². The number of nitrogens with one attached hydrogen (secondary N) is 2. The van der Waals surface area contributed by atoms with Gasteiger partial charge in [0.1, 0.15) is 12.4 Å². The minimum absolute atomic E-state index is 0.0803. The first-order valence-corrected chi connectivity index (χ1v) is 10.4. The molecule has 1 heterocycles. The van der Waals surface area contributed by atoms with Crippen molar-refractivity contribution in [2.45, 2.75) is 64.0 Å². The highest BCUT2D eigenvalue weighted by Gasteiger charge is 2.31. The zero-order chi connectivity index (χ0) is 19.3. The SMILES string of the molecule is CN=C(NCCOc1ccccc1C(C)(C)C)NC1CCN(C2CC2)CC1. The van der Waals surface area contributed by atoms with E-state index in [2.05, 4.69) is 59.5 Å². The van der Waals surface area contributed by atoms with E-state index >= 15 is 0 Å².